The van der Waals surface area contributed by atoms with E-state index in [1.165, 1.54) is 0 Å². The lowest BCUT2D eigenvalue weighted by molar-refractivity contribution is -0.0835. The van der Waals surface area contributed by atoms with Gasteiger partial charge < -0.3 is 14.9 Å². The van der Waals surface area contributed by atoms with Gasteiger partial charge in [-0.15, -0.1) is 11.8 Å². The highest BCUT2D eigenvalue weighted by molar-refractivity contribution is 8.00. The Balaban J connectivity index is 2.14. The summed E-state index contributed by atoms with van der Waals surface area (Å²) >= 11 is 1.54. The van der Waals surface area contributed by atoms with E-state index in [-0.39, 0.29) is 12.0 Å². The van der Waals surface area contributed by atoms with E-state index < -0.39 is 6.29 Å². The van der Waals surface area contributed by atoms with Crippen molar-refractivity contribution in [3.05, 3.63) is 0 Å². The lowest BCUT2D eigenvalue weighted by Gasteiger charge is -2.05. The van der Waals surface area contributed by atoms with E-state index in [1.807, 2.05) is 0 Å². The molecule has 1 rings (SSSR count). The zero-order valence-corrected chi connectivity index (χ0v) is 5.80. The minimum atomic E-state index is -0.619. The number of hydrogen-bond donors (Lipinski definition) is 2. The molecule has 0 radical (unpaired) electrons. The van der Waals surface area contributed by atoms with Gasteiger partial charge in [0, 0.05) is 18.8 Å². The first kappa shape index (κ1) is 7.34. The maximum Gasteiger partial charge on any atom is 0.165 e. The number of hydrogen-bond acceptors (Lipinski definition) is 4. The summed E-state index contributed by atoms with van der Waals surface area (Å²) in [5, 5.41) is 17.2. The van der Waals surface area contributed by atoms with Gasteiger partial charge in [-0.3, -0.25) is 0 Å². The summed E-state index contributed by atoms with van der Waals surface area (Å²) < 4.78 is 4.96. The third-order valence-corrected chi connectivity index (χ3v) is 2.29. The predicted octanol–water partition coefficient (Wildman–Crippen LogP) is -0.223. The van der Waals surface area contributed by atoms with Crippen molar-refractivity contribution < 1.29 is 14.9 Å². The number of rotatable bonds is 2. The first-order valence-electron chi connectivity index (χ1n) is 2.89. The summed E-state index contributed by atoms with van der Waals surface area (Å²) in [5.74, 6) is 0.630. The van der Waals surface area contributed by atoms with Crippen molar-refractivity contribution in [3.8, 4) is 0 Å². The highest BCUT2D eigenvalue weighted by Gasteiger charge is 2.22. The molecular weight excluding hydrogens is 140 g/mol. The van der Waals surface area contributed by atoms with Gasteiger partial charge in [0.15, 0.2) is 6.29 Å². The largest absolute Gasteiger partial charge is 0.396 e. The van der Waals surface area contributed by atoms with E-state index in [0.717, 1.165) is 0 Å². The maximum absolute atomic E-state index is 8.80. The van der Waals surface area contributed by atoms with E-state index >= 15 is 0 Å². The fourth-order valence-electron chi connectivity index (χ4n) is 0.700. The Morgan fingerprint density at radius 1 is 1.67 bits per heavy atom. The summed E-state index contributed by atoms with van der Waals surface area (Å²) in [6.07, 6.45) is -0.00611. The van der Waals surface area contributed by atoms with Crippen LogP contribution in [0.4, 0.5) is 0 Å². The molecule has 0 amide bonds. The van der Waals surface area contributed by atoms with Gasteiger partial charge in [0.1, 0.15) is 5.44 Å². The van der Waals surface area contributed by atoms with Crippen LogP contribution in [0.15, 0.2) is 0 Å². The Labute approximate surface area is 58.0 Å². The average molecular weight is 150 g/mol. The second kappa shape index (κ2) is 3.41. The number of aliphatic hydroxyl groups excluding tert-OH is 2. The highest BCUT2D eigenvalue weighted by atomic mass is 32.2. The molecule has 1 fully saturated rings. The Morgan fingerprint density at radius 2 is 2.44 bits per heavy atom. The maximum atomic E-state index is 8.80. The number of ether oxygens (including phenoxy) is 1. The molecule has 0 aromatic carbocycles. The molecule has 3 nitrogen and oxygen atoms in total. The molecule has 1 saturated heterocycles. The molecule has 1 aliphatic heterocycles. The molecule has 54 valence electrons. The van der Waals surface area contributed by atoms with E-state index in [2.05, 4.69) is 0 Å². The van der Waals surface area contributed by atoms with Crippen LogP contribution in [-0.4, -0.2) is 34.3 Å². The second-order valence-electron chi connectivity index (χ2n) is 1.87. The summed E-state index contributed by atoms with van der Waals surface area (Å²) in [7, 11) is 0. The monoisotopic (exact) mass is 150 g/mol. The van der Waals surface area contributed by atoms with Crippen LogP contribution in [0.3, 0.4) is 0 Å². The topological polar surface area (TPSA) is 49.7 Å². The quantitative estimate of drug-likeness (QED) is 0.571. The van der Waals surface area contributed by atoms with Crippen molar-refractivity contribution in [3.63, 3.8) is 0 Å². The average Bonchev–Trinajstić information content (AvgIpc) is 2.17. The molecule has 2 N–H and O–H groups in total. The Morgan fingerprint density at radius 3 is 2.89 bits per heavy atom. The molecule has 2 atom stereocenters. The minimum Gasteiger partial charge on any atom is -0.396 e. The molecule has 2 unspecified atom stereocenters. The SMILES string of the molecule is OCCC1OC(O)CS1. The Hall–Kier alpha value is 0.230. The van der Waals surface area contributed by atoms with Gasteiger partial charge >= 0.3 is 0 Å². The van der Waals surface area contributed by atoms with Crippen LogP contribution in [0, 0.1) is 0 Å². The molecule has 0 saturated carbocycles. The second-order valence-corrected chi connectivity index (χ2v) is 3.06. The lowest BCUT2D eigenvalue weighted by Crippen LogP contribution is -2.11. The van der Waals surface area contributed by atoms with Gasteiger partial charge in [-0.25, -0.2) is 0 Å². The Bertz CT molecular complexity index is 86.3. The van der Waals surface area contributed by atoms with E-state index in [9.17, 15) is 0 Å². The highest BCUT2D eigenvalue weighted by Crippen LogP contribution is 2.25. The number of aliphatic hydroxyl groups is 2. The van der Waals surface area contributed by atoms with Gasteiger partial charge in [-0.05, 0) is 0 Å². The van der Waals surface area contributed by atoms with Crippen molar-refractivity contribution in [2.75, 3.05) is 12.4 Å². The van der Waals surface area contributed by atoms with Gasteiger partial charge in [-0.2, -0.15) is 0 Å². The third-order valence-electron chi connectivity index (χ3n) is 1.10. The van der Waals surface area contributed by atoms with Crippen LogP contribution < -0.4 is 0 Å². The van der Waals surface area contributed by atoms with Crippen molar-refractivity contribution >= 4 is 11.8 Å². The summed E-state index contributed by atoms with van der Waals surface area (Å²) in [6.45, 7) is 0.129. The molecule has 0 aliphatic carbocycles. The van der Waals surface area contributed by atoms with E-state index in [0.29, 0.717) is 12.2 Å². The standard InChI is InChI=1S/C5H10O3S/c6-2-1-5-8-4(7)3-9-5/h4-7H,1-3H2. The van der Waals surface area contributed by atoms with Gasteiger partial charge in [0.2, 0.25) is 0 Å². The molecule has 0 spiro atoms. The van der Waals surface area contributed by atoms with Gasteiger partial charge in [0.05, 0.1) is 0 Å². The fraction of sp³-hybridized carbons (Fsp3) is 1.00. The molecule has 4 heteroatoms. The van der Waals surface area contributed by atoms with Gasteiger partial charge in [-0.1, -0.05) is 0 Å². The van der Waals surface area contributed by atoms with Crippen LogP contribution in [0.1, 0.15) is 6.42 Å². The van der Waals surface area contributed by atoms with Crippen molar-refractivity contribution in [1.82, 2.24) is 0 Å². The van der Waals surface area contributed by atoms with Crippen LogP contribution in [-0.2, 0) is 4.74 Å². The van der Waals surface area contributed by atoms with Gasteiger partial charge in [0.25, 0.3) is 0 Å². The third kappa shape index (κ3) is 2.14. The van der Waals surface area contributed by atoms with Crippen LogP contribution in [0.2, 0.25) is 0 Å². The van der Waals surface area contributed by atoms with E-state index in [4.69, 9.17) is 14.9 Å². The normalized spacial score (nSPS) is 35.3. The first-order valence-corrected chi connectivity index (χ1v) is 3.94. The van der Waals surface area contributed by atoms with E-state index in [1.54, 1.807) is 11.8 Å². The van der Waals surface area contributed by atoms with Crippen LogP contribution in [0.25, 0.3) is 0 Å². The molecular formula is C5H10O3S. The molecule has 0 aromatic rings. The first-order chi connectivity index (χ1) is 4.33. The van der Waals surface area contributed by atoms with Crippen LogP contribution >= 0.6 is 11.8 Å². The molecule has 0 bridgehead atoms. The minimum absolute atomic E-state index is 0.00463. The van der Waals surface area contributed by atoms with Crippen LogP contribution in [0.5, 0.6) is 0 Å². The molecule has 1 heterocycles. The summed E-state index contributed by atoms with van der Waals surface area (Å²) in [5.41, 5.74) is 0.00463. The van der Waals surface area contributed by atoms with Crippen molar-refractivity contribution in [2.24, 2.45) is 0 Å². The smallest absolute Gasteiger partial charge is 0.165 e. The molecule has 0 aromatic heterocycles. The van der Waals surface area contributed by atoms with Crippen molar-refractivity contribution in [1.29, 1.82) is 0 Å². The zero-order valence-electron chi connectivity index (χ0n) is 4.99. The predicted molar refractivity (Wildman–Crippen MR) is 35.0 cm³/mol. The number of thioether (sulfide) groups is 1. The summed E-state index contributed by atoms with van der Waals surface area (Å²) in [4.78, 5) is 0. The zero-order chi connectivity index (χ0) is 6.69. The van der Waals surface area contributed by atoms with Crippen molar-refractivity contribution in [2.45, 2.75) is 18.1 Å². The summed E-state index contributed by atoms with van der Waals surface area (Å²) in [6, 6.07) is 0. The molecule has 9 heavy (non-hydrogen) atoms. The fourth-order valence-corrected chi connectivity index (χ4v) is 1.64. The molecule has 1 aliphatic rings. The lowest BCUT2D eigenvalue weighted by atomic mass is 10.5. The Kier molecular flexibility index (Phi) is 2.78.